The highest BCUT2D eigenvalue weighted by molar-refractivity contribution is 7.18. The summed E-state index contributed by atoms with van der Waals surface area (Å²) in [5, 5.41) is 4.29. The maximum Gasteiger partial charge on any atom is 0.264 e. The van der Waals surface area contributed by atoms with Crippen LogP contribution in [0, 0.1) is 0 Å². The molecule has 1 amide bonds. The second kappa shape index (κ2) is 6.26. The monoisotopic (exact) mass is 326 g/mol. The van der Waals surface area contributed by atoms with Gasteiger partial charge in [0.25, 0.3) is 5.91 Å². The van der Waals surface area contributed by atoms with Crippen LogP contribution in [0.2, 0.25) is 4.34 Å². The summed E-state index contributed by atoms with van der Waals surface area (Å²) in [6.07, 6.45) is 0. The maximum absolute atomic E-state index is 12.3. The highest BCUT2D eigenvalue weighted by atomic mass is 35.5. The number of halogens is 1. The zero-order valence-corrected chi connectivity index (χ0v) is 13.3. The fraction of sp³-hybridized carbons (Fsp3) is 0.357. The van der Waals surface area contributed by atoms with Gasteiger partial charge in [-0.05, 0) is 34.5 Å². The third-order valence-electron chi connectivity index (χ3n) is 3.43. The summed E-state index contributed by atoms with van der Waals surface area (Å²) in [5.74, 6) is 0.108. The Morgan fingerprint density at radius 1 is 1.20 bits per heavy atom. The minimum atomic E-state index is 0.108. The quantitative estimate of drug-likeness (QED) is 0.863. The maximum atomic E-state index is 12.3. The first-order chi connectivity index (χ1) is 9.72. The number of rotatable bonds is 3. The van der Waals surface area contributed by atoms with Gasteiger partial charge in [-0.2, -0.15) is 11.3 Å². The van der Waals surface area contributed by atoms with Crippen molar-refractivity contribution in [3.8, 4) is 0 Å². The van der Waals surface area contributed by atoms with E-state index >= 15 is 0 Å². The fourth-order valence-corrected chi connectivity index (χ4v) is 4.01. The molecule has 1 aliphatic rings. The van der Waals surface area contributed by atoms with Crippen LogP contribution in [0.15, 0.2) is 29.0 Å². The number of thiophene rings is 2. The van der Waals surface area contributed by atoms with Gasteiger partial charge in [-0.25, -0.2) is 0 Å². The van der Waals surface area contributed by atoms with Crippen LogP contribution in [0.4, 0.5) is 0 Å². The summed E-state index contributed by atoms with van der Waals surface area (Å²) in [6.45, 7) is 4.43. The number of carbonyl (C=O) groups is 1. The van der Waals surface area contributed by atoms with Crippen molar-refractivity contribution in [2.24, 2.45) is 0 Å². The molecule has 0 radical (unpaired) electrons. The van der Waals surface area contributed by atoms with Crippen molar-refractivity contribution in [1.82, 2.24) is 9.80 Å². The zero-order valence-electron chi connectivity index (χ0n) is 10.9. The van der Waals surface area contributed by atoms with E-state index in [9.17, 15) is 4.79 Å². The molecule has 0 saturated carbocycles. The van der Waals surface area contributed by atoms with E-state index in [1.165, 1.54) is 16.9 Å². The fourth-order valence-electron chi connectivity index (χ4n) is 2.33. The Morgan fingerprint density at radius 3 is 2.60 bits per heavy atom. The van der Waals surface area contributed by atoms with Crippen LogP contribution < -0.4 is 0 Å². The molecule has 0 aliphatic carbocycles. The van der Waals surface area contributed by atoms with E-state index in [1.807, 2.05) is 11.0 Å². The number of nitrogens with zero attached hydrogens (tertiary/aromatic N) is 2. The minimum absolute atomic E-state index is 0.108. The van der Waals surface area contributed by atoms with Gasteiger partial charge in [-0.15, -0.1) is 11.3 Å². The highest BCUT2D eigenvalue weighted by Crippen LogP contribution is 2.23. The number of carbonyl (C=O) groups excluding carboxylic acids is 1. The Labute approximate surface area is 131 Å². The molecule has 1 saturated heterocycles. The number of hydrogen-bond donors (Lipinski definition) is 0. The molecular formula is C14H15ClN2OS2. The van der Waals surface area contributed by atoms with Gasteiger partial charge >= 0.3 is 0 Å². The first-order valence-corrected chi connectivity index (χ1v) is 8.64. The number of amides is 1. The largest absolute Gasteiger partial charge is 0.335 e. The molecule has 0 atom stereocenters. The summed E-state index contributed by atoms with van der Waals surface area (Å²) in [7, 11) is 0. The molecule has 20 heavy (non-hydrogen) atoms. The molecule has 2 aromatic rings. The average molecular weight is 327 g/mol. The average Bonchev–Trinajstić information content (AvgIpc) is 3.10. The molecule has 1 aliphatic heterocycles. The summed E-state index contributed by atoms with van der Waals surface area (Å²) in [5.41, 5.74) is 1.36. The Morgan fingerprint density at radius 2 is 2.00 bits per heavy atom. The summed E-state index contributed by atoms with van der Waals surface area (Å²) >= 11 is 8.97. The Kier molecular flexibility index (Phi) is 4.41. The van der Waals surface area contributed by atoms with Gasteiger partial charge in [0.2, 0.25) is 0 Å². The first-order valence-electron chi connectivity index (χ1n) is 6.50. The first kappa shape index (κ1) is 14.1. The van der Waals surface area contributed by atoms with E-state index in [0.29, 0.717) is 4.34 Å². The Bertz CT molecular complexity index is 574. The van der Waals surface area contributed by atoms with E-state index in [2.05, 4.69) is 21.7 Å². The van der Waals surface area contributed by atoms with Gasteiger partial charge in [0, 0.05) is 32.7 Å². The second-order valence-electron chi connectivity index (χ2n) is 4.80. The van der Waals surface area contributed by atoms with Crippen LogP contribution in [0.1, 0.15) is 15.2 Å². The lowest BCUT2D eigenvalue weighted by molar-refractivity contribution is 0.0633. The zero-order chi connectivity index (χ0) is 13.9. The van der Waals surface area contributed by atoms with E-state index in [1.54, 1.807) is 17.4 Å². The third kappa shape index (κ3) is 3.23. The van der Waals surface area contributed by atoms with Crippen molar-refractivity contribution in [2.45, 2.75) is 6.54 Å². The topological polar surface area (TPSA) is 23.6 Å². The summed E-state index contributed by atoms with van der Waals surface area (Å²) in [6, 6.07) is 5.76. The van der Waals surface area contributed by atoms with Crippen LogP contribution in [0.3, 0.4) is 0 Å². The highest BCUT2D eigenvalue weighted by Gasteiger charge is 2.23. The molecule has 3 heterocycles. The molecule has 0 spiro atoms. The number of hydrogen-bond acceptors (Lipinski definition) is 4. The summed E-state index contributed by atoms with van der Waals surface area (Å²) < 4.78 is 0.671. The molecule has 2 aromatic heterocycles. The van der Waals surface area contributed by atoms with Gasteiger partial charge in [0.15, 0.2) is 0 Å². The van der Waals surface area contributed by atoms with Crippen molar-refractivity contribution in [1.29, 1.82) is 0 Å². The lowest BCUT2D eigenvalue weighted by atomic mass is 10.2. The lowest BCUT2D eigenvalue weighted by Crippen LogP contribution is -2.48. The van der Waals surface area contributed by atoms with E-state index in [4.69, 9.17) is 11.6 Å². The predicted octanol–water partition coefficient (Wildman–Crippen LogP) is 3.42. The third-order valence-corrected chi connectivity index (χ3v) is 5.38. The molecule has 6 heteroatoms. The van der Waals surface area contributed by atoms with Crippen LogP contribution in [0.5, 0.6) is 0 Å². The molecule has 0 N–H and O–H groups in total. The van der Waals surface area contributed by atoms with Gasteiger partial charge in [-0.3, -0.25) is 9.69 Å². The van der Waals surface area contributed by atoms with Crippen molar-refractivity contribution < 1.29 is 4.79 Å². The normalized spacial score (nSPS) is 16.6. The van der Waals surface area contributed by atoms with Crippen LogP contribution in [-0.4, -0.2) is 41.9 Å². The van der Waals surface area contributed by atoms with Crippen molar-refractivity contribution in [2.75, 3.05) is 26.2 Å². The smallest absolute Gasteiger partial charge is 0.264 e. The molecule has 1 fully saturated rings. The van der Waals surface area contributed by atoms with Crippen molar-refractivity contribution in [3.63, 3.8) is 0 Å². The molecule has 0 aromatic carbocycles. The van der Waals surface area contributed by atoms with Crippen molar-refractivity contribution >= 4 is 40.2 Å². The van der Waals surface area contributed by atoms with Gasteiger partial charge in [-0.1, -0.05) is 11.6 Å². The van der Waals surface area contributed by atoms with Crippen molar-refractivity contribution in [3.05, 3.63) is 43.7 Å². The number of piperazine rings is 1. The van der Waals surface area contributed by atoms with E-state index < -0.39 is 0 Å². The van der Waals surface area contributed by atoms with Gasteiger partial charge in [0.05, 0.1) is 9.21 Å². The van der Waals surface area contributed by atoms with Crippen LogP contribution in [0.25, 0.3) is 0 Å². The van der Waals surface area contributed by atoms with E-state index in [-0.39, 0.29) is 5.91 Å². The van der Waals surface area contributed by atoms with Gasteiger partial charge in [0.1, 0.15) is 0 Å². The summed E-state index contributed by atoms with van der Waals surface area (Å²) in [4.78, 5) is 17.4. The molecule has 0 unspecified atom stereocenters. The lowest BCUT2D eigenvalue weighted by Gasteiger charge is -2.34. The standard InChI is InChI=1S/C14H15ClN2OS2/c15-13-2-1-12(20-13)14(18)17-6-4-16(5-7-17)9-11-3-8-19-10-11/h1-3,8,10H,4-7,9H2. The molecule has 0 bridgehead atoms. The predicted molar refractivity (Wildman–Crippen MR) is 84.8 cm³/mol. The molecule has 3 rings (SSSR count). The SMILES string of the molecule is O=C(c1ccc(Cl)s1)N1CCN(Cc2ccsc2)CC1. The molecule has 3 nitrogen and oxygen atoms in total. The van der Waals surface area contributed by atoms with Gasteiger partial charge < -0.3 is 4.90 Å². The van der Waals surface area contributed by atoms with Crippen LogP contribution in [-0.2, 0) is 6.54 Å². The Balaban J connectivity index is 1.54. The minimum Gasteiger partial charge on any atom is -0.335 e. The second-order valence-corrected chi connectivity index (χ2v) is 7.30. The molecular weight excluding hydrogens is 312 g/mol. The molecule has 106 valence electrons. The van der Waals surface area contributed by atoms with Crippen LogP contribution >= 0.6 is 34.3 Å². The van der Waals surface area contributed by atoms with E-state index in [0.717, 1.165) is 37.6 Å². The Hall–Kier alpha value is -0.880.